The van der Waals surface area contributed by atoms with Crippen LogP contribution in [0.1, 0.15) is 40.2 Å². The zero-order valence-corrected chi connectivity index (χ0v) is 15.1. The van der Waals surface area contributed by atoms with Crippen molar-refractivity contribution in [3.05, 3.63) is 23.9 Å². The summed E-state index contributed by atoms with van der Waals surface area (Å²) in [5.74, 6) is -0.506. The van der Waals surface area contributed by atoms with Gasteiger partial charge in [0.1, 0.15) is 5.92 Å². The second-order valence-electron chi connectivity index (χ2n) is 7.58. The van der Waals surface area contributed by atoms with Crippen LogP contribution in [0.3, 0.4) is 0 Å². The summed E-state index contributed by atoms with van der Waals surface area (Å²) < 4.78 is 5.49. The van der Waals surface area contributed by atoms with Crippen molar-refractivity contribution >= 4 is 11.8 Å². The standard InChI is InChI=1S/C18H27N3O3/c1-11(2)24-14-7-6-12(8-19-14)9-20-16(22)15-13(18(3,4)5)10-21-17(15)23/h6-8,11,13,15H,9-10H2,1-5H3,(H,20,22)(H,21,23)/t13-,15-/m1/s1. The van der Waals surface area contributed by atoms with Crippen LogP contribution in [0.15, 0.2) is 18.3 Å². The summed E-state index contributed by atoms with van der Waals surface area (Å²) in [7, 11) is 0. The maximum absolute atomic E-state index is 12.5. The van der Waals surface area contributed by atoms with Crippen molar-refractivity contribution in [1.82, 2.24) is 15.6 Å². The molecule has 24 heavy (non-hydrogen) atoms. The summed E-state index contributed by atoms with van der Waals surface area (Å²) >= 11 is 0. The monoisotopic (exact) mass is 333 g/mol. The highest BCUT2D eigenvalue weighted by Gasteiger charge is 2.45. The minimum atomic E-state index is -0.637. The van der Waals surface area contributed by atoms with Gasteiger partial charge in [-0.1, -0.05) is 26.8 Å². The molecule has 0 aromatic carbocycles. The Kier molecular flexibility index (Phi) is 5.47. The molecule has 2 atom stereocenters. The Labute approximate surface area is 143 Å². The molecule has 6 heteroatoms. The molecule has 6 nitrogen and oxygen atoms in total. The molecule has 0 saturated carbocycles. The lowest BCUT2D eigenvalue weighted by Crippen LogP contribution is -2.40. The average Bonchev–Trinajstić information content (AvgIpc) is 2.87. The molecule has 1 saturated heterocycles. The Balaban J connectivity index is 1.96. The molecule has 0 spiro atoms. The summed E-state index contributed by atoms with van der Waals surface area (Å²) in [6.45, 7) is 10.9. The van der Waals surface area contributed by atoms with E-state index in [1.807, 2.05) is 19.9 Å². The van der Waals surface area contributed by atoms with Crippen LogP contribution in [0.25, 0.3) is 0 Å². The Hall–Kier alpha value is -2.11. The van der Waals surface area contributed by atoms with Crippen LogP contribution in [-0.4, -0.2) is 29.4 Å². The van der Waals surface area contributed by atoms with Crippen molar-refractivity contribution in [2.24, 2.45) is 17.3 Å². The van der Waals surface area contributed by atoms with Crippen LogP contribution >= 0.6 is 0 Å². The molecule has 132 valence electrons. The number of carbonyl (C=O) groups is 2. The molecule has 2 heterocycles. The molecule has 1 fully saturated rings. The summed E-state index contributed by atoms with van der Waals surface area (Å²) in [4.78, 5) is 28.7. The Bertz CT molecular complexity index is 591. The summed E-state index contributed by atoms with van der Waals surface area (Å²) in [5.41, 5.74) is 0.753. The number of rotatable bonds is 5. The minimum absolute atomic E-state index is 0.00931. The topological polar surface area (TPSA) is 80.3 Å². The van der Waals surface area contributed by atoms with Gasteiger partial charge in [-0.15, -0.1) is 0 Å². The molecule has 2 amide bonds. The van der Waals surface area contributed by atoms with Crippen LogP contribution < -0.4 is 15.4 Å². The third kappa shape index (κ3) is 4.46. The zero-order chi connectivity index (χ0) is 17.9. The van der Waals surface area contributed by atoms with Crippen molar-refractivity contribution in [2.45, 2.75) is 47.3 Å². The van der Waals surface area contributed by atoms with E-state index in [0.717, 1.165) is 5.56 Å². The molecule has 0 bridgehead atoms. The maximum atomic E-state index is 12.5. The molecule has 1 aromatic rings. The van der Waals surface area contributed by atoms with E-state index in [4.69, 9.17) is 4.74 Å². The normalized spacial score (nSPS) is 20.8. The molecule has 0 unspecified atom stereocenters. The van der Waals surface area contributed by atoms with Gasteiger partial charge in [0.25, 0.3) is 0 Å². The Morgan fingerprint density at radius 3 is 2.67 bits per heavy atom. The van der Waals surface area contributed by atoms with Crippen LogP contribution in [-0.2, 0) is 16.1 Å². The molecule has 1 aliphatic heterocycles. The van der Waals surface area contributed by atoms with Crippen molar-refractivity contribution < 1.29 is 14.3 Å². The molecular weight excluding hydrogens is 306 g/mol. The largest absolute Gasteiger partial charge is 0.475 e. The lowest BCUT2D eigenvalue weighted by molar-refractivity contribution is -0.135. The Morgan fingerprint density at radius 1 is 1.42 bits per heavy atom. The molecule has 2 N–H and O–H groups in total. The summed E-state index contributed by atoms with van der Waals surface area (Å²) in [5, 5.41) is 5.66. The van der Waals surface area contributed by atoms with Crippen molar-refractivity contribution in [3.63, 3.8) is 0 Å². The van der Waals surface area contributed by atoms with E-state index < -0.39 is 5.92 Å². The summed E-state index contributed by atoms with van der Waals surface area (Å²) in [6.07, 6.45) is 1.74. The SMILES string of the molecule is CC(C)Oc1ccc(CNC(=O)[C@@H]2C(=O)NC[C@H]2C(C)(C)C)cn1. The molecule has 1 aliphatic rings. The quantitative estimate of drug-likeness (QED) is 0.807. The fourth-order valence-corrected chi connectivity index (χ4v) is 2.85. The van der Waals surface area contributed by atoms with E-state index in [2.05, 4.69) is 36.4 Å². The minimum Gasteiger partial charge on any atom is -0.475 e. The van der Waals surface area contributed by atoms with Gasteiger partial charge in [0.15, 0.2) is 0 Å². The van der Waals surface area contributed by atoms with Gasteiger partial charge in [0, 0.05) is 31.3 Å². The first-order valence-corrected chi connectivity index (χ1v) is 8.35. The first-order valence-electron chi connectivity index (χ1n) is 8.35. The van der Waals surface area contributed by atoms with Crippen LogP contribution in [0.5, 0.6) is 5.88 Å². The van der Waals surface area contributed by atoms with Crippen molar-refractivity contribution in [3.8, 4) is 5.88 Å². The third-order valence-electron chi connectivity index (χ3n) is 4.20. The van der Waals surface area contributed by atoms with E-state index >= 15 is 0 Å². The second-order valence-corrected chi connectivity index (χ2v) is 7.58. The lowest BCUT2D eigenvalue weighted by atomic mass is 9.74. The van der Waals surface area contributed by atoms with Gasteiger partial charge < -0.3 is 15.4 Å². The van der Waals surface area contributed by atoms with Gasteiger partial charge in [0.2, 0.25) is 17.7 Å². The first-order chi connectivity index (χ1) is 11.2. The number of hydrogen-bond donors (Lipinski definition) is 2. The third-order valence-corrected chi connectivity index (χ3v) is 4.20. The van der Waals surface area contributed by atoms with E-state index in [1.165, 1.54) is 0 Å². The number of carbonyl (C=O) groups excluding carboxylic acids is 2. The van der Waals surface area contributed by atoms with Crippen LogP contribution in [0.4, 0.5) is 0 Å². The average molecular weight is 333 g/mol. The van der Waals surface area contributed by atoms with Crippen LogP contribution in [0, 0.1) is 17.3 Å². The first kappa shape index (κ1) is 18.2. The number of aromatic nitrogens is 1. The van der Waals surface area contributed by atoms with Crippen molar-refractivity contribution in [2.75, 3.05) is 6.54 Å². The zero-order valence-electron chi connectivity index (χ0n) is 15.1. The highest BCUT2D eigenvalue weighted by Crippen LogP contribution is 2.35. The molecule has 2 rings (SSSR count). The van der Waals surface area contributed by atoms with Crippen molar-refractivity contribution in [1.29, 1.82) is 0 Å². The van der Waals surface area contributed by atoms with Gasteiger partial charge in [-0.2, -0.15) is 0 Å². The van der Waals surface area contributed by atoms with Crippen LogP contribution in [0.2, 0.25) is 0 Å². The second kappa shape index (κ2) is 7.20. The van der Waals surface area contributed by atoms with E-state index in [0.29, 0.717) is 19.0 Å². The number of nitrogens with one attached hydrogen (secondary N) is 2. The number of pyridine rings is 1. The number of ether oxygens (including phenoxy) is 1. The van der Waals surface area contributed by atoms with Gasteiger partial charge >= 0.3 is 0 Å². The molecule has 0 aliphatic carbocycles. The highest BCUT2D eigenvalue weighted by atomic mass is 16.5. The van der Waals surface area contributed by atoms with Gasteiger partial charge in [-0.05, 0) is 24.8 Å². The summed E-state index contributed by atoms with van der Waals surface area (Å²) in [6, 6.07) is 3.64. The fraction of sp³-hybridized carbons (Fsp3) is 0.611. The molecule has 0 radical (unpaired) electrons. The number of amides is 2. The van der Waals surface area contributed by atoms with Gasteiger partial charge in [0.05, 0.1) is 6.10 Å². The smallest absolute Gasteiger partial charge is 0.233 e. The molecule has 1 aromatic heterocycles. The predicted octanol–water partition coefficient (Wildman–Crippen LogP) is 1.89. The van der Waals surface area contributed by atoms with Gasteiger partial charge in [-0.3, -0.25) is 9.59 Å². The number of hydrogen-bond acceptors (Lipinski definition) is 4. The van der Waals surface area contributed by atoms with Gasteiger partial charge in [-0.25, -0.2) is 4.98 Å². The lowest BCUT2D eigenvalue weighted by Gasteiger charge is -2.29. The van der Waals surface area contributed by atoms with E-state index in [-0.39, 0.29) is 29.3 Å². The fourth-order valence-electron chi connectivity index (χ4n) is 2.85. The Morgan fingerprint density at radius 2 is 2.12 bits per heavy atom. The predicted molar refractivity (Wildman–Crippen MR) is 91.3 cm³/mol. The highest BCUT2D eigenvalue weighted by molar-refractivity contribution is 6.02. The number of nitrogens with zero attached hydrogens (tertiary/aromatic N) is 1. The maximum Gasteiger partial charge on any atom is 0.233 e. The molecular formula is C18H27N3O3. The van der Waals surface area contributed by atoms with E-state index in [1.54, 1.807) is 12.3 Å². The van der Waals surface area contributed by atoms with E-state index in [9.17, 15) is 9.59 Å².